The first-order valence-corrected chi connectivity index (χ1v) is 18.9. The number of aromatic nitrogens is 3. The third-order valence-corrected chi connectivity index (χ3v) is 10.3. The second kappa shape index (κ2) is 14.9. The van der Waals surface area contributed by atoms with Crippen LogP contribution < -0.4 is 14.4 Å². The molecule has 0 saturated carbocycles. The lowest BCUT2D eigenvalue weighted by atomic mass is 9.89. The summed E-state index contributed by atoms with van der Waals surface area (Å²) >= 11 is 1.81. The fraction of sp³-hybridized carbons (Fsp3) is 0.395. The van der Waals surface area contributed by atoms with Crippen molar-refractivity contribution in [2.45, 2.75) is 96.1 Å². The van der Waals surface area contributed by atoms with Crippen molar-refractivity contribution in [2.24, 2.45) is 5.41 Å². The van der Waals surface area contributed by atoms with Crippen molar-refractivity contribution < 1.29 is 23.8 Å². The molecule has 5 aromatic rings. The number of thioether (sulfide) groups is 1. The molecule has 0 N–H and O–H groups in total. The maximum atomic E-state index is 13.4. The topological polar surface area (TPSA) is 95.8 Å². The molecule has 0 saturated heterocycles. The van der Waals surface area contributed by atoms with Gasteiger partial charge in [0.1, 0.15) is 24.2 Å². The lowest BCUT2D eigenvalue weighted by Crippen LogP contribution is -2.44. The summed E-state index contributed by atoms with van der Waals surface area (Å²) in [7, 11) is 1.57. The number of para-hydroxylation sites is 1. The monoisotopic (exact) mass is 734 g/mol. The molecule has 3 aromatic carbocycles. The summed E-state index contributed by atoms with van der Waals surface area (Å²) in [6.45, 7) is 17.2. The summed E-state index contributed by atoms with van der Waals surface area (Å²) in [6, 6.07) is 26.0. The van der Waals surface area contributed by atoms with Gasteiger partial charge in [-0.25, -0.2) is 4.79 Å². The van der Waals surface area contributed by atoms with Crippen molar-refractivity contribution in [3.8, 4) is 22.9 Å². The molecule has 0 radical (unpaired) electrons. The highest BCUT2D eigenvalue weighted by Gasteiger charge is 2.37. The highest BCUT2D eigenvalue weighted by Crippen LogP contribution is 2.44. The van der Waals surface area contributed by atoms with E-state index in [0.29, 0.717) is 31.9 Å². The molecule has 10 heteroatoms. The molecule has 6 rings (SSSR count). The Morgan fingerprint density at radius 2 is 1.66 bits per heavy atom. The van der Waals surface area contributed by atoms with Crippen LogP contribution in [0.4, 0.5) is 10.5 Å². The van der Waals surface area contributed by atoms with Crippen LogP contribution in [0.5, 0.6) is 11.6 Å². The van der Waals surface area contributed by atoms with E-state index in [9.17, 15) is 9.59 Å². The van der Waals surface area contributed by atoms with Gasteiger partial charge in [0.15, 0.2) is 0 Å². The number of carbonyl (C=O) groups is 2. The van der Waals surface area contributed by atoms with Crippen molar-refractivity contribution in [3.63, 3.8) is 0 Å². The summed E-state index contributed by atoms with van der Waals surface area (Å²) in [6.07, 6.45) is 1.92. The number of benzene rings is 3. The molecule has 1 atom stereocenters. The van der Waals surface area contributed by atoms with Crippen LogP contribution in [0, 0.1) is 5.41 Å². The van der Waals surface area contributed by atoms with Gasteiger partial charge in [0.05, 0.1) is 24.5 Å². The van der Waals surface area contributed by atoms with E-state index in [4.69, 9.17) is 14.2 Å². The molecule has 2 aromatic heterocycles. The molecule has 1 amide bonds. The maximum Gasteiger partial charge on any atom is 0.415 e. The average molecular weight is 735 g/mol. The van der Waals surface area contributed by atoms with Crippen molar-refractivity contribution in [3.05, 3.63) is 95.7 Å². The van der Waals surface area contributed by atoms with Gasteiger partial charge in [0.25, 0.3) is 0 Å². The predicted molar refractivity (Wildman–Crippen MR) is 212 cm³/mol. The van der Waals surface area contributed by atoms with Crippen LogP contribution in [-0.2, 0) is 28.9 Å². The van der Waals surface area contributed by atoms with E-state index in [2.05, 4.69) is 78.0 Å². The Kier molecular flexibility index (Phi) is 10.7. The standard InChI is InChI=1S/C43H50N4O5S/c1-41(2,3)52-40(49)47-31(22-30-12-10-11-13-35(30)47)26-51-32-18-20-36-33(23-32)39(53-42(4,5)6)37(24-43(7,8)27-48)46(36)25-28-14-16-29(17-15-28)34-19-21-38(50-9)45-44-34/h10-21,23,27,31H,22,24-26H2,1-9H3/t31-/m0/s1. The molecule has 3 heterocycles. The highest BCUT2D eigenvalue weighted by atomic mass is 32.2. The quantitative estimate of drug-likeness (QED) is 0.0979. The Morgan fingerprint density at radius 1 is 0.925 bits per heavy atom. The van der Waals surface area contributed by atoms with Crippen LogP contribution in [-0.4, -0.2) is 57.3 Å². The highest BCUT2D eigenvalue weighted by molar-refractivity contribution is 8.00. The average Bonchev–Trinajstić information content (AvgIpc) is 3.61. The van der Waals surface area contributed by atoms with E-state index in [1.54, 1.807) is 18.1 Å². The number of ether oxygens (including phenoxy) is 3. The number of fused-ring (bicyclic) bond motifs is 2. The van der Waals surface area contributed by atoms with E-state index >= 15 is 0 Å². The lowest BCUT2D eigenvalue weighted by molar-refractivity contribution is -0.114. The Morgan fingerprint density at radius 3 is 2.30 bits per heavy atom. The first-order valence-electron chi connectivity index (χ1n) is 18.0. The molecule has 0 bridgehead atoms. The molecule has 278 valence electrons. The smallest absolute Gasteiger partial charge is 0.415 e. The summed E-state index contributed by atoms with van der Waals surface area (Å²) in [4.78, 5) is 28.7. The van der Waals surface area contributed by atoms with Crippen LogP contribution in [0.25, 0.3) is 22.2 Å². The van der Waals surface area contributed by atoms with Gasteiger partial charge in [-0.05, 0) is 68.7 Å². The van der Waals surface area contributed by atoms with Crippen LogP contribution in [0.2, 0.25) is 0 Å². The van der Waals surface area contributed by atoms with Gasteiger partial charge in [-0.15, -0.1) is 22.0 Å². The molecule has 9 nitrogen and oxygen atoms in total. The first-order chi connectivity index (χ1) is 25.0. The van der Waals surface area contributed by atoms with E-state index in [1.165, 1.54) is 0 Å². The van der Waals surface area contributed by atoms with E-state index in [1.807, 2.05) is 76.7 Å². The zero-order chi connectivity index (χ0) is 38.1. The number of aldehydes is 1. The summed E-state index contributed by atoms with van der Waals surface area (Å²) in [5.74, 6) is 1.19. The van der Waals surface area contributed by atoms with Gasteiger partial charge < -0.3 is 23.6 Å². The third kappa shape index (κ3) is 8.87. The summed E-state index contributed by atoms with van der Waals surface area (Å²) in [5.41, 5.74) is 5.79. The van der Waals surface area contributed by atoms with Crippen LogP contribution in [0.3, 0.4) is 0 Å². The second-order valence-corrected chi connectivity index (χ2v) is 18.2. The van der Waals surface area contributed by atoms with Crippen LogP contribution >= 0.6 is 11.8 Å². The predicted octanol–water partition coefficient (Wildman–Crippen LogP) is 9.56. The lowest BCUT2D eigenvalue weighted by Gasteiger charge is -2.29. The Labute approximate surface area is 317 Å². The third-order valence-electron chi connectivity index (χ3n) is 8.99. The van der Waals surface area contributed by atoms with Crippen LogP contribution in [0.15, 0.2) is 83.8 Å². The number of amides is 1. The van der Waals surface area contributed by atoms with Gasteiger partial charge in [0.2, 0.25) is 5.88 Å². The number of hydrogen-bond donors (Lipinski definition) is 0. The number of methoxy groups -OCH3 is 1. The van der Waals surface area contributed by atoms with Crippen molar-refractivity contribution >= 4 is 40.7 Å². The first kappa shape index (κ1) is 37.9. The molecule has 1 aliphatic rings. The molecule has 0 fully saturated rings. The second-order valence-electron chi connectivity index (χ2n) is 16.3. The zero-order valence-corrected chi connectivity index (χ0v) is 33.0. The molecule has 53 heavy (non-hydrogen) atoms. The molecule has 0 aliphatic carbocycles. The van der Waals surface area contributed by atoms with Crippen molar-refractivity contribution in [1.82, 2.24) is 14.8 Å². The number of carbonyl (C=O) groups excluding carboxylic acids is 2. The minimum absolute atomic E-state index is 0.0966. The van der Waals surface area contributed by atoms with Gasteiger partial charge in [-0.2, -0.15) is 0 Å². The van der Waals surface area contributed by atoms with Gasteiger partial charge in [-0.1, -0.05) is 77.1 Å². The normalized spacial score (nSPS) is 14.7. The van der Waals surface area contributed by atoms with Crippen molar-refractivity contribution in [2.75, 3.05) is 18.6 Å². The fourth-order valence-corrected chi connectivity index (χ4v) is 7.77. The van der Waals surface area contributed by atoms with E-state index in [0.717, 1.165) is 61.6 Å². The Balaban J connectivity index is 1.35. The summed E-state index contributed by atoms with van der Waals surface area (Å²) < 4.78 is 19.8. The molecule has 1 aliphatic heterocycles. The molecule has 0 spiro atoms. The molecular formula is C43H50N4O5S. The number of hydrogen-bond acceptors (Lipinski definition) is 8. The fourth-order valence-electron chi connectivity index (χ4n) is 6.59. The minimum atomic E-state index is -0.622. The van der Waals surface area contributed by atoms with Gasteiger partial charge in [0, 0.05) is 56.2 Å². The van der Waals surface area contributed by atoms with Gasteiger partial charge in [-0.3, -0.25) is 4.90 Å². The van der Waals surface area contributed by atoms with Crippen LogP contribution in [0.1, 0.15) is 72.2 Å². The Hall–Kier alpha value is -4.83. The SMILES string of the molecule is COc1ccc(-c2ccc(Cn3c(CC(C)(C)C=O)c(SC(C)(C)C)c4cc(OC[C@@H]5Cc6ccccc6N5C(=O)OC(C)(C)C)ccc43)cc2)nn1. The van der Waals surface area contributed by atoms with E-state index < -0.39 is 11.0 Å². The molecule has 0 unspecified atom stereocenters. The number of nitrogens with zero attached hydrogens (tertiary/aromatic N) is 4. The van der Waals surface area contributed by atoms with Crippen molar-refractivity contribution in [1.29, 1.82) is 0 Å². The maximum absolute atomic E-state index is 13.4. The Bertz CT molecular complexity index is 2090. The minimum Gasteiger partial charge on any atom is -0.491 e. The molecular weight excluding hydrogens is 685 g/mol. The van der Waals surface area contributed by atoms with Gasteiger partial charge >= 0.3 is 6.09 Å². The number of anilines is 1. The zero-order valence-electron chi connectivity index (χ0n) is 32.2. The summed E-state index contributed by atoms with van der Waals surface area (Å²) in [5, 5.41) is 9.50. The number of rotatable bonds is 11. The van der Waals surface area contributed by atoms with E-state index in [-0.39, 0.29) is 16.9 Å². The largest absolute Gasteiger partial charge is 0.491 e.